The van der Waals surface area contributed by atoms with Crippen LogP contribution < -0.4 is 4.74 Å². The monoisotopic (exact) mass is 260 g/mol. The first kappa shape index (κ1) is 14.3. The molecule has 0 fully saturated rings. The molecule has 0 bridgehead atoms. The van der Waals surface area contributed by atoms with Crippen LogP contribution in [0.3, 0.4) is 0 Å². The topological polar surface area (TPSA) is 45.4 Å². The van der Waals surface area contributed by atoms with E-state index in [4.69, 9.17) is 10.00 Å². The Balaban J connectivity index is 3.13. The summed E-state index contributed by atoms with van der Waals surface area (Å²) in [5.41, 5.74) is 1.42. The lowest BCUT2D eigenvalue weighted by molar-refractivity contribution is 0.241. The van der Waals surface area contributed by atoms with Gasteiger partial charge in [-0.25, -0.2) is 0 Å². The van der Waals surface area contributed by atoms with Gasteiger partial charge in [0.2, 0.25) is 0 Å². The van der Waals surface area contributed by atoms with Crippen LogP contribution in [0.1, 0.15) is 25.0 Å². The Kier molecular flexibility index (Phi) is 5.47. The summed E-state index contributed by atoms with van der Waals surface area (Å²) < 4.78 is 5.58. The second-order valence-corrected chi connectivity index (χ2v) is 4.76. The minimum atomic E-state index is 0.0461. The SMILES string of the molecule is C=CSC(=NC)c1ccc(OC(C)C)c(C#N)c1. The maximum Gasteiger partial charge on any atom is 0.137 e. The highest BCUT2D eigenvalue weighted by molar-refractivity contribution is 8.16. The molecule has 0 saturated heterocycles. The molecule has 0 heterocycles. The molecule has 0 aliphatic rings. The van der Waals surface area contributed by atoms with Crippen LogP contribution in [-0.2, 0) is 0 Å². The van der Waals surface area contributed by atoms with Gasteiger partial charge >= 0.3 is 0 Å². The van der Waals surface area contributed by atoms with E-state index < -0.39 is 0 Å². The molecule has 0 aromatic heterocycles. The molecule has 0 spiro atoms. The maximum atomic E-state index is 9.14. The zero-order valence-electron chi connectivity index (χ0n) is 10.8. The van der Waals surface area contributed by atoms with E-state index in [0.29, 0.717) is 11.3 Å². The van der Waals surface area contributed by atoms with Crippen LogP contribution in [0.25, 0.3) is 0 Å². The molecule has 1 aromatic carbocycles. The van der Waals surface area contributed by atoms with E-state index >= 15 is 0 Å². The summed E-state index contributed by atoms with van der Waals surface area (Å²) in [6.45, 7) is 7.53. The fourth-order valence-corrected chi connectivity index (χ4v) is 1.96. The van der Waals surface area contributed by atoms with Gasteiger partial charge in [0, 0.05) is 12.6 Å². The standard InChI is InChI=1S/C14H16N2OS/c1-5-18-14(16-4)11-6-7-13(17-10(2)3)12(8-11)9-15/h5-8,10H,1H2,2-4H3. The predicted molar refractivity (Wildman–Crippen MR) is 77.2 cm³/mol. The second kappa shape index (κ2) is 6.87. The van der Waals surface area contributed by atoms with Crippen LogP contribution >= 0.6 is 11.8 Å². The van der Waals surface area contributed by atoms with Crippen LogP contribution in [0.15, 0.2) is 35.2 Å². The van der Waals surface area contributed by atoms with Crippen LogP contribution in [0.2, 0.25) is 0 Å². The van der Waals surface area contributed by atoms with Gasteiger partial charge in [-0.3, -0.25) is 4.99 Å². The Morgan fingerprint density at radius 1 is 1.56 bits per heavy atom. The Hall–Kier alpha value is -1.73. The van der Waals surface area contributed by atoms with Gasteiger partial charge in [-0.15, -0.1) is 0 Å². The summed E-state index contributed by atoms with van der Waals surface area (Å²) in [7, 11) is 1.72. The predicted octanol–water partition coefficient (Wildman–Crippen LogP) is 3.60. The summed E-state index contributed by atoms with van der Waals surface area (Å²) in [4.78, 5) is 4.17. The summed E-state index contributed by atoms with van der Waals surface area (Å²) >= 11 is 1.43. The van der Waals surface area contributed by atoms with Gasteiger partial charge in [0.15, 0.2) is 0 Å². The molecule has 4 heteroatoms. The number of hydrogen-bond acceptors (Lipinski definition) is 4. The van der Waals surface area contributed by atoms with Gasteiger partial charge in [-0.2, -0.15) is 5.26 Å². The summed E-state index contributed by atoms with van der Waals surface area (Å²) in [5, 5.41) is 11.7. The Morgan fingerprint density at radius 3 is 2.78 bits per heavy atom. The zero-order valence-corrected chi connectivity index (χ0v) is 11.6. The normalized spacial score (nSPS) is 11.2. The number of aliphatic imine (C=N–C) groups is 1. The Morgan fingerprint density at radius 2 is 2.28 bits per heavy atom. The van der Waals surface area contributed by atoms with Gasteiger partial charge in [0.05, 0.1) is 11.7 Å². The lowest BCUT2D eigenvalue weighted by Gasteiger charge is -2.12. The zero-order chi connectivity index (χ0) is 13.5. The van der Waals surface area contributed by atoms with E-state index in [1.54, 1.807) is 18.5 Å². The molecular formula is C14H16N2OS. The van der Waals surface area contributed by atoms with E-state index in [2.05, 4.69) is 17.6 Å². The van der Waals surface area contributed by atoms with E-state index in [1.807, 2.05) is 26.0 Å². The first-order chi connectivity index (χ1) is 8.62. The quantitative estimate of drug-likeness (QED) is 0.613. The van der Waals surface area contributed by atoms with Gasteiger partial charge in [-0.05, 0) is 37.5 Å². The van der Waals surface area contributed by atoms with Crippen molar-refractivity contribution in [2.75, 3.05) is 7.05 Å². The molecule has 1 aromatic rings. The Labute approximate surface area is 112 Å². The maximum absolute atomic E-state index is 9.14. The average Bonchev–Trinajstić information content (AvgIpc) is 2.36. The molecule has 0 radical (unpaired) electrons. The molecule has 0 aliphatic heterocycles. The fraction of sp³-hybridized carbons (Fsp3) is 0.286. The number of nitrogens with zero attached hydrogens (tertiary/aromatic N) is 2. The highest BCUT2D eigenvalue weighted by Crippen LogP contribution is 2.23. The van der Waals surface area contributed by atoms with Gasteiger partial charge in [0.1, 0.15) is 16.9 Å². The lowest BCUT2D eigenvalue weighted by atomic mass is 10.1. The minimum Gasteiger partial charge on any atom is -0.490 e. The third-order valence-corrected chi connectivity index (χ3v) is 2.92. The summed E-state index contributed by atoms with van der Waals surface area (Å²) in [6.07, 6.45) is 0.0461. The average molecular weight is 260 g/mol. The summed E-state index contributed by atoms with van der Waals surface area (Å²) in [6, 6.07) is 7.64. The first-order valence-corrected chi connectivity index (χ1v) is 6.45. The van der Waals surface area contributed by atoms with Crippen LogP contribution in [0.5, 0.6) is 5.75 Å². The second-order valence-electron chi connectivity index (χ2n) is 3.80. The van der Waals surface area contributed by atoms with E-state index in [-0.39, 0.29) is 6.10 Å². The number of thioether (sulfide) groups is 1. The first-order valence-electron chi connectivity index (χ1n) is 5.58. The molecule has 0 aliphatic carbocycles. The van der Waals surface area contributed by atoms with Gasteiger partial charge in [0.25, 0.3) is 0 Å². The lowest BCUT2D eigenvalue weighted by Crippen LogP contribution is -2.07. The third kappa shape index (κ3) is 3.64. The molecule has 0 atom stereocenters. The van der Waals surface area contributed by atoms with Crippen molar-refractivity contribution in [3.05, 3.63) is 41.3 Å². The van der Waals surface area contributed by atoms with Gasteiger partial charge in [-0.1, -0.05) is 18.3 Å². The van der Waals surface area contributed by atoms with Crippen molar-refractivity contribution >= 4 is 16.8 Å². The van der Waals surface area contributed by atoms with Crippen LogP contribution in [0, 0.1) is 11.3 Å². The number of rotatable bonds is 4. The third-order valence-electron chi connectivity index (χ3n) is 2.11. The molecule has 0 amide bonds. The molecule has 1 rings (SSSR count). The van der Waals surface area contributed by atoms with Crippen molar-refractivity contribution in [1.29, 1.82) is 5.26 Å². The number of benzene rings is 1. The van der Waals surface area contributed by atoms with E-state index in [0.717, 1.165) is 10.6 Å². The number of hydrogen-bond donors (Lipinski definition) is 0. The fourth-order valence-electron chi connectivity index (χ4n) is 1.44. The largest absolute Gasteiger partial charge is 0.490 e. The molecule has 18 heavy (non-hydrogen) atoms. The van der Waals surface area contributed by atoms with Crippen molar-refractivity contribution in [3.8, 4) is 11.8 Å². The highest BCUT2D eigenvalue weighted by Gasteiger charge is 2.09. The van der Waals surface area contributed by atoms with Crippen molar-refractivity contribution < 1.29 is 4.74 Å². The molecule has 0 unspecified atom stereocenters. The van der Waals surface area contributed by atoms with E-state index in [9.17, 15) is 0 Å². The van der Waals surface area contributed by atoms with Crippen molar-refractivity contribution in [2.45, 2.75) is 20.0 Å². The van der Waals surface area contributed by atoms with Crippen molar-refractivity contribution in [2.24, 2.45) is 4.99 Å². The van der Waals surface area contributed by atoms with Crippen molar-refractivity contribution in [3.63, 3.8) is 0 Å². The van der Waals surface area contributed by atoms with E-state index in [1.165, 1.54) is 11.8 Å². The van der Waals surface area contributed by atoms with Crippen LogP contribution in [0.4, 0.5) is 0 Å². The molecule has 0 N–H and O–H groups in total. The number of nitriles is 1. The molecule has 3 nitrogen and oxygen atoms in total. The van der Waals surface area contributed by atoms with Crippen LogP contribution in [-0.4, -0.2) is 18.2 Å². The smallest absolute Gasteiger partial charge is 0.137 e. The van der Waals surface area contributed by atoms with Crippen molar-refractivity contribution in [1.82, 2.24) is 0 Å². The minimum absolute atomic E-state index is 0.0461. The Bertz CT molecular complexity index is 501. The number of ether oxygens (including phenoxy) is 1. The van der Waals surface area contributed by atoms with Gasteiger partial charge < -0.3 is 4.74 Å². The summed E-state index contributed by atoms with van der Waals surface area (Å²) in [5.74, 6) is 0.607. The highest BCUT2D eigenvalue weighted by atomic mass is 32.2. The molecule has 0 saturated carbocycles. The molecular weight excluding hydrogens is 244 g/mol. The molecule has 94 valence electrons.